The molecule has 2 heteroatoms. The molecule has 2 rings (SSSR count). The van der Waals surface area contributed by atoms with Crippen molar-refractivity contribution >= 4 is 11.5 Å². The van der Waals surface area contributed by atoms with Gasteiger partial charge in [-0.05, 0) is 31.0 Å². The van der Waals surface area contributed by atoms with Crippen LogP contribution in [0.5, 0.6) is 0 Å². The number of aliphatic imine (C=N–C) groups is 1. The van der Waals surface area contributed by atoms with Crippen molar-refractivity contribution in [3.8, 4) is 0 Å². The Bertz CT molecular complexity index is 542. The SMILES string of the molecule is Cc1cccc(N=C(N)c2ccccc2)c1C. The van der Waals surface area contributed by atoms with Gasteiger partial charge in [0.1, 0.15) is 5.84 Å². The molecule has 0 atom stereocenters. The van der Waals surface area contributed by atoms with Crippen LogP contribution in [0.2, 0.25) is 0 Å². The van der Waals surface area contributed by atoms with Gasteiger partial charge < -0.3 is 5.73 Å². The Kier molecular flexibility index (Phi) is 3.24. The van der Waals surface area contributed by atoms with Crippen LogP contribution in [-0.4, -0.2) is 5.84 Å². The Morgan fingerprint density at radius 3 is 2.35 bits per heavy atom. The minimum Gasteiger partial charge on any atom is -0.383 e. The second-order valence-corrected chi connectivity index (χ2v) is 4.08. The van der Waals surface area contributed by atoms with Gasteiger partial charge in [-0.2, -0.15) is 0 Å². The van der Waals surface area contributed by atoms with Crippen LogP contribution in [0.3, 0.4) is 0 Å². The number of amidine groups is 1. The molecule has 0 bridgehead atoms. The lowest BCUT2D eigenvalue weighted by Crippen LogP contribution is -2.12. The van der Waals surface area contributed by atoms with Crippen molar-refractivity contribution in [2.45, 2.75) is 13.8 Å². The first-order valence-corrected chi connectivity index (χ1v) is 5.64. The van der Waals surface area contributed by atoms with E-state index in [1.165, 1.54) is 11.1 Å². The summed E-state index contributed by atoms with van der Waals surface area (Å²) in [5.41, 5.74) is 10.3. The second-order valence-electron chi connectivity index (χ2n) is 4.08. The minimum atomic E-state index is 0.555. The molecule has 0 aliphatic carbocycles. The molecule has 0 saturated carbocycles. The predicted octanol–water partition coefficient (Wildman–Crippen LogP) is 3.34. The van der Waals surface area contributed by atoms with Gasteiger partial charge in [0.25, 0.3) is 0 Å². The zero-order valence-electron chi connectivity index (χ0n) is 10.1. The molecule has 0 saturated heterocycles. The highest BCUT2D eigenvalue weighted by Crippen LogP contribution is 2.21. The van der Waals surface area contributed by atoms with E-state index in [0.717, 1.165) is 11.3 Å². The molecule has 0 fully saturated rings. The smallest absolute Gasteiger partial charge is 0.131 e. The van der Waals surface area contributed by atoms with E-state index in [-0.39, 0.29) is 0 Å². The number of benzene rings is 2. The Morgan fingerprint density at radius 2 is 1.65 bits per heavy atom. The Labute approximate surface area is 102 Å². The number of hydrogen-bond acceptors (Lipinski definition) is 1. The standard InChI is InChI=1S/C15H16N2/c1-11-7-6-10-14(12(11)2)17-15(16)13-8-4-3-5-9-13/h3-10H,1-2H3,(H2,16,17). The van der Waals surface area contributed by atoms with E-state index in [0.29, 0.717) is 5.84 Å². The third kappa shape index (κ3) is 2.53. The van der Waals surface area contributed by atoms with Gasteiger partial charge in [0.2, 0.25) is 0 Å². The second kappa shape index (κ2) is 4.83. The third-order valence-electron chi connectivity index (χ3n) is 2.89. The highest BCUT2D eigenvalue weighted by molar-refractivity contribution is 5.99. The van der Waals surface area contributed by atoms with Crippen LogP contribution < -0.4 is 5.73 Å². The maximum Gasteiger partial charge on any atom is 0.131 e. The first-order valence-electron chi connectivity index (χ1n) is 5.64. The molecule has 0 spiro atoms. The molecule has 0 heterocycles. The summed E-state index contributed by atoms with van der Waals surface area (Å²) in [4.78, 5) is 4.48. The van der Waals surface area contributed by atoms with Crippen LogP contribution in [0.15, 0.2) is 53.5 Å². The highest BCUT2D eigenvalue weighted by Gasteiger charge is 2.01. The van der Waals surface area contributed by atoms with E-state index >= 15 is 0 Å². The summed E-state index contributed by atoms with van der Waals surface area (Å²) in [6.45, 7) is 4.14. The molecule has 0 aromatic heterocycles. The summed E-state index contributed by atoms with van der Waals surface area (Å²) in [6.07, 6.45) is 0. The molecule has 2 N–H and O–H groups in total. The molecule has 17 heavy (non-hydrogen) atoms. The molecule has 0 aliphatic rings. The normalized spacial score (nSPS) is 11.5. The van der Waals surface area contributed by atoms with Gasteiger partial charge in [-0.15, -0.1) is 0 Å². The van der Waals surface area contributed by atoms with Gasteiger partial charge in [0.15, 0.2) is 0 Å². The van der Waals surface area contributed by atoms with E-state index < -0.39 is 0 Å². The van der Waals surface area contributed by atoms with Crippen LogP contribution in [0.25, 0.3) is 0 Å². The Hall–Kier alpha value is -2.09. The van der Waals surface area contributed by atoms with Crippen LogP contribution in [0.4, 0.5) is 5.69 Å². The van der Waals surface area contributed by atoms with Crippen molar-refractivity contribution in [3.63, 3.8) is 0 Å². The molecule has 2 aromatic rings. The summed E-state index contributed by atoms with van der Waals surface area (Å²) in [5.74, 6) is 0.555. The van der Waals surface area contributed by atoms with Gasteiger partial charge in [0, 0.05) is 5.56 Å². The average Bonchev–Trinajstić information content (AvgIpc) is 2.36. The van der Waals surface area contributed by atoms with Crippen molar-refractivity contribution in [2.24, 2.45) is 10.7 Å². The Morgan fingerprint density at radius 1 is 0.941 bits per heavy atom. The lowest BCUT2D eigenvalue weighted by molar-refractivity contribution is 1.30. The number of rotatable bonds is 2. The number of hydrogen-bond donors (Lipinski definition) is 1. The molecule has 0 amide bonds. The van der Waals surface area contributed by atoms with Gasteiger partial charge in [-0.3, -0.25) is 0 Å². The van der Waals surface area contributed by atoms with Crippen molar-refractivity contribution in [3.05, 3.63) is 65.2 Å². The zero-order valence-corrected chi connectivity index (χ0v) is 10.1. The van der Waals surface area contributed by atoms with E-state index in [9.17, 15) is 0 Å². The average molecular weight is 224 g/mol. The maximum atomic E-state index is 6.00. The lowest BCUT2D eigenvalue weighted by Gasteiger charge is -2.05. The molecule has 0 aliphatic heterocycles. The Balaban J connectivity index is 2.40. The van der Waals surface area contributed by atoms with Crippen molar-refractivity contribution in [1.82, 2.24) is 0 Å². The van der Waals surface area contributed by atoms with Gasteiger partial charge >= 0.3 is 0 Å². The van der Waals surface area contributed by atoms with Gasteiger partial charge in [0.05, 0.1) is 5.69 Å². The highest BCUT2D eigenvalue weighted by atomic mass is 14.9. The zero-order chi connectivity index (χ0) is 12.3. The molecule has 0 unspecified atom stereocenters. The van der Waals surface area contributed by atoms with E-state index in [1.54, 1.807) is 0 Å². The first-order chi connectivity index (χ1) is 8.18. The van der Waals surface area contributed by atoms with E-state index in [1.807, 2.05) is 42.5 Å². The van der Waals surface area contributed by atoms with Crippen molar-refractivity contribution in [2.75, 3.05) is 0 Å². The summed E-state index contributed by atoms with van der Waals surface area (Å²) < 4.78 is 0. The number of nitrogens with two attached hydrogens (primary N) is 1. The minimum absolute atomic E-state index is 0.555. The molecule has 2 nitrogen and oxygen atoms in total. The quantitative estimate of drug-likeness (QED) is 0.616. The molecule has 0 radical (unpaired) electrons. The van der Waals surface area contributed by atoms with Crippen molar-refractivity contribution < 1.29 is 0 Å². The summed E-state index contributed by atoms with van der Waals surface area (Å²) in [6, 6.07) is 15.9. The monoisotopic (exact) mass is 224 g/mol. The van der Waals surface area contributed by atoms with E-state index in [4.69, 9.17) is 5.73 Å². The fraction of sp³-hybridized carbons (Fsp3) is 0.133. The summed E-state index contributed by atoms with van der Waals surface area (Å²) in [5, 5.41) is 0. The summed E-state index contributed by atoms with van der Waals surface area (Å²) >= 11 is 0. The van der Waals surface area contributed by atoms with Crippen molar-refractivity contribution in [1.29, 1.82) is 0 Å². The number of aryl methyl sites for hydroxylation is 1. The van der Waals surface area contributed by atoms with Gasteiger partial charge in [-0.25, -0.2) is 4.99 Å². The van der Waals surface area contributed by atoms with E-state index in [2.05, 4.69) is 24.9 Å². The van der Waals surface area contributed by atoms with Crippen LogP contribution in [-0.2, 0) is 0 Å². The molecule has 86 valence electrons. The molecule has 2 aromatic carbocycles. The molecular formula is C15H16N2. The largest absolute Gasteiger partial charge is 0.383 e. The topological polar surface area (TPSA) is 38.4 Å². The summed E-state index contributed by atoms with van der Waals surface area (Å²) in [7, 11) is 0. The first kappa shape index (κ1) is 11.4. The molecular weight excluding hydrogens is 208 g/mol. The fourth-order valence-electron chi connectivity index (χ4n) is 1.66. The lowest BCUT2D eigenvalue weighted by atomic mass is 10.1. The van der Waals surface area contributed by atoms with Crippen LogP contribution in [0, 0.1) is 13.8 Å². The number of nitrogens with zero attached hydrogens (tertiary/aromatic N) is 1. The van der Waals surface area contributed by atoms with Gasteiger partial charge in [-0.1, -0.05) is 42.5 Å². The third-order valence-corrected chi connectivity index (χ3v) is 2.89. The maximum absolute atomic E-state index is 6.00. The van der Waals surface area contributed by atoms with Crippen LogP contribution in [0.1, 0.15) is 16.7 Å². The van der Waals surface area contributed by atoms with Crippen LogP contribution >= 0.6 is 0 Å². The fourth-order valence-corrected chi connectivity index (χ4v) is 1.66. The predicted molar refractivity (Wildman–Crippen MR) is 72.7 cm³/mol.